The van der Waals surface area contributed by atoms with E-state index in [9.17, 15) is 0 Å². The molecule has 0 spiro atoms. The Kier molecular flexibility index (Phi) is 2.37. The summed E-state index contributed by atoms with van der Waals surface area (Å²) in [6.45, 7) is 1.97. The molecule has 70 valence electrons. The van der Waals surface area contributed by atoms with Gasteiger partial charge in [0, 0.05) is 0 Å². The zero-order valence-electron chi connectivity index (χ0n) is 8.33. The average Bonchev–Trinajstić information content (AvgIpc) is 2.27. The molecule has 2 rings (SSSR count). The Morgan fingerprint density at radius 1 is 1.36 bits per heavy atom. The average molecular weight is 183 g/mol. The number of nitriles is 1. The molecule has 1 heteroatoms. The van der Waals surface area contributed by atoms with E-state index >= 15 is 0 Å². The van der Waals surface area contributed by atoms with Crippen molar-refractivity contribution in [2.75, 3.05) is 0 Å². The van der Waals surface area contributed by atoms with Crippen LogP contribution in [-0.4, -0.2) is 0 Å². The lowest BCUT2D eigenvalue weighted by molar-refractivity contribution is 0.910. The lowest BCUT2D eigenvalue weighted by atomic mass is 9.85. The van der Waals surface area contributed by atoms with Gasteiger partial charge in [0.15, 0.2) is 0 Å². The molecule has 0 aliphatic heterocycles. The maximum atomic E-state index is 8.92. The highest BCUT2D eigenvalue weighted by Gasteiger charge is 2.16. The second-order valence-corrected chi connectivity index (χ2v) is 3.71. The molecule has 1 nitrogen and oxygen atoms in total. The van der Waals surface area contributed by atoms with Crippen LogP contribution in [0.25, 0.3) is 5.57 Å². The fourth-order valence-electron chi connectivity index (χ4n) is 1.99. The number of aryl methyl sites for hydroxylation is 1. The summed E-state index contributed by atoms with van der Waals surface area (Å²) < 4.78 is 0. The van der Waals surface area contributed by atoms with Gasteiger partial charge in [-0.1, -0.05) is 30.3 Å². The predicted octanol–water partition coefficient (Wildman–Crippen LogP) is 3.18. The highest BCUT2D eigenvalue weighted by atomic mass is 14.3. The number of allylic oxidation sites excluding steroid dienone is 2. The Hall–Kier alpha value is -1.55. The van der Waals surface area contributed by atoms with Gasteiger partial charge in [0.1, 0.15) is 0 Å². The molecule has 0 fully saturated rings. The van der Waals surface area contributed by atoms with E-state index in [0.717, 1.165) is 12.8 Å². The molecule has 1 aliphatic carbocycles. The quantitative estimate of drug-likeness (QED) is 0.656. The van der Waals surface area contributed by atoms with Crippen molar-refractivity contribution in [3.05, 3.63) is 41.5 Å². The van der Waals surface area contributed by atoms with E-state index in [1.807, 2.05) is 13.0 Å². The number of nitrogens with zero attached hydrogens (tertiary/aromatic N) is 1. The van der Waals surface area contributed by atoms with Crippen LogP contribution in [0, 0.1) is 17.2 Å². The summed E-state index contributed by atoms with van der Waals surface area (Å²) >= 11 is 0. The molecule has 0 N–H and O–H groups in total. The Morgan fingerprint density at radius 2 is 2.14 bits per heavy atom. The number of hydrogen-bond acceptors (Lipinski definition) is 1. The van der Waals surface area contributed by atoms with Gasteiger partial charge in [-0.05, 0) is 36.5 Å². The van der Waals surface area contributed by atoms with Gasteiger partial charge in [-0.15, -0.1) is 0 Å². The number of fused-ring (bicyclic) bond motifs is 1. The second-order valence-electron chi connectivity index (χ2n) is 3.71. The van der Waals surface area contributed by atoms with Crippen LogP contribution in [0.3, 0.4) is 0 Å². The Labute approximate surface area is 84.7 Å². The van der Waals surface area contributed by atoms with E-state index < -0.39 is 0 Å². The van der Waals surface area contributed by atoms with Crippen LogP contribution in [-0.2, 0) is 6.42 Å². The molecule has 0 amide bonds. The van der Waals surface area contributed by atoms with E-state index in [1.54, 1.807) is 0 Å². The molecule has 0 radical (unpaired) electrons. The van der Waals surface area contributed by atoms with Crippen molar-refractivity contribution in [2.45, 2.75) is 19.8 Å². The van der Waals surface area contributed by atoms with Crippen molar-refractivity contribution < 1.29 is 0 Å². The maximum absolute atomic E-state index is 8.92. The zero-order valence-corrected chi connectivity index (χ0v) is 8.33. The minimum atomic E-state index is 0.0106. The summed E-state index contributed by atoms with van der Waals surface area (Å²) in [5.41, 5.74) is 3.86. The van der Waals surface area contributed by atoms with Crippen molar-refractivity contribution in [3.8, 4) is 6.07 Å². The van der Waals surface area contributed by atoms with Crippen molar-refractivity contribution in [3.63, 3.8) is 0 Å². The third kappa shape index (κ3) is 1.44. The van der Waals surface area contributed by atoms with Crippen LogP contribution in [0.15, 0.2) is 30.3 Å². The van der Waals surface area contributed by atoms with Crippen LogP contribution >= 0.6 is 0 Å². The van der Waals surface area contributed by atoms with Gasteiger partial charge in [0.25, 0.3) is 0 Å². The first-order valence-electron chi connectivity index (χ1n) is 5.01. The van der Waals surface area contributed by atoms with Gasteiger partial charge < -0.3 is 0 Å². The van der Waals surface area contributed by atoms with Gasteiger partial charge in [-0.3, -0.25) is 0 Å². The molecule has 1 aromatic rings. The van der Waals surface area contributed by atoms with E-state index in [1.165, 1.54) is 16.7 Å². The third-order valence-electron chi connectivity index (χ3n) is 2.77. The summed E-state index contributed by atoms with van der Waals surface area (Å²) in [5, 5.41) is 8.92. The number of hydrogen-bond donors (Lipinski definition) is 0. The van der Waals surface area contributed by atoms with Gasteiger partial charge >= 0.3 is 0 Å². The molecular weight excluding hydrogens is 170 g/mol. The highest BCUT2D eigenvalue weighted by molar-refractivity contribution is 5.73. The van der Waals surface area contributed by atoms with Crippen molar-refractivity contribution in [1.82, 2.24) is 0 Å². The number of rotatable bonds is 1. The Balaban J connectivity index is 2.46. The lowest BCUT2D eigenvalue weighted by Crippen LogP contribution is -2.04. The van der Waals surface area contributed by atoms with E-state index in [4.69, 9.17) is 5.26 Å². The van der Waals surface area contributed by atoms with E-state index in [0.29, 0.717) is 0 Å². The molecule has 1 aromatic carbocycles. The van der Waals surface area contributed by atoms with Crippen LogP contribution in [0.2, 0.25) is 0 Å². The second kappa shape index (κ2) is 3.67. The molecule has 14 heavy (non-hydrogen) atoms. The predicted molar refractivity (Wildman–Crippen MR) is 57.5 cm³/mol. The van der Waals surface area contributed by atoms with Crippen molar-refractivity contribution in [1.29, 1.82) is 5.26 Å². The first kappa shape index (κ1) is 9.02. The summed E-state index contributed by atoms with van der Waals surface area (Å²) in [6.07, 6.45) is 4.38. The molecular formula is C13H13N. The first-order chi connectivity index (χ1) is 6.83. The van der Waals surface area contributed by atoms with Crippen LogP contribution in [0.5, 0.6) is 0 Å². The molecule has 0 aromatic heterocycles. The normalized spacial score (nSPS) is 16.4. The summed E-state index contributed by atoms with van der Waals surface area (Å²) in [4.78, 5) is 0. The van der Waals surface area contributed by atoms with Crippen LogP contribution < -0.4 is 0 Å². The molecule has 0 bridgehead atoms. The van der Waals surface area contributed by atoms with Crippen LogP contribution in [0.1, 0.15) is 24.5 Å². The molecule has 1 atom stereocenters. The monoisotopic (exact) mass is 183 g/mol. The molecule has 0 saturated carbocycles. The topological polar surface area (TPSA) is 23.8 Å². The lowest BCUT2D eigenvalue weighted by Gasteiger charge is -2.18. The van der Waals surface area contributed by atoms with E-state index in [2.05, 4.69) is 30.3 Å². The smallest absolute Gasteiger partial charge is 0.0701 e. The van der Waals surface area contributed by atoms with Gasteiger partial charge in [0.2, 0.25) is 0 Å². The van der Waals surface area contributed by atoms with Gasteiger partial charge in [-0.25, -0.2) is 0 Å². The zero-order chi connectivity index (χ0) is 9.97. The molecule has 1 unspecified atom stereocenters. The van der Waals surface area contributed by atoms with E-state index in [-0.39, 0.29) is 5.92 Å². The van der Waals surface area contributed by atoms with Crippen molar-refractivity contribution in [2.24, 2.45) is 5.92 Å². The van der Waals surface area contributed by atoms with Gasteiger partial charge in [0.05, 0.1) is 12.0 Å². The summed E-state index contributed by atoms with van der Waals surface area (Å²) in [6, 6.07) is 10.7. The maximum Gasteiger partial charge on any atom is 0.0701 e. The third-order valence-corrected chi connectivity index (χ3v) is 2.77. The summed E-state index contributed by atoms with van der Waals surface area (Å²) in [5.74, 6) is 0.0106. The largest absolute Gasteiger partial charge is 0.198 e. The Bertz CT molecular complexity index is 409. The van der Waals surface area contributed by atoms with Crippen molar-refractivity contribution >= 4 is 5.57 Å². The molecule has 0 saturated heterocycles. The SMILES string of the molecule is CC(C#N)C1=CCCc2ccccc21. The summed E-state index contributed by atoms with van der Waals surface area (Å²) in [7, 11) is 0. The minimum Gasteiger partial charge on any atom is -0.198 e. The molecule has 1 aliphatic rings. The fraction of sp³-hybridized carbons (Fsp3) is 0.308. The Morgan fingerprint density at radius 3 is 2.93 bits per heavy atom. The number of benzene rings is 1. The minimum absolute atomic E-state index is 0.0106. The first-order valence-corrected chi connectivity index (χ1v) is 5.01. The van der Waals surface area contributed by atoms with Crippen LogP contribution in [0.4, 0.5) is 0 Å². The molecule has 0 heterocycles. The van der Waals surface area contributed by atoms with Gasteiger partial charge in [-0.2, -0.15) is 5.26 Å². The standard InChI is InChI=1S/C13H13N/c1-10(9-14)12-8-4-6-11-5-2-3-7-13(11)12/h2-3,5,7-8,10H,4,6H2,1H3. The highest BCUT2D eigenvalue weighted by Crippen LogP contribution is 2.31. The fourth-order valence-corrected chi connectivity index (χ4v) is 1.99.